The Hall–Kier alpha value is -1.13. The molecule has 1 unspecified atom stereocenters. The normalized spacial score (nSPS) is 25.6. The maximum atomic E-state index is 11.2. The summed E-state index contributed by atoms with van der Waals surface area (Å²) >= 11 is 0. The Morgan fingerprint density at radius 3 is 2.52 bits per heavy atom. The SMILES string of the molecule is C=CC(=O)OCCC1(CCOC(O)C=C)CCC(CCC)CC1. The Morgan fingerprint density at radius 1 is 1.30 bits per heavy atom. The molecule has 0 aromatic rings. The van der Waals surface area contributed by atoms with Crippen LogP contribution in [0.15, 0.2) is 25.3 Å². The van der Waals surface area contributed by atoms with Gasteiger partial charge in [0.1, 0.15) is 0 Å². The molecule has 0 spiro atoms. The van der Waals surface area contributed by atoms with E-state index in [1.165, 1.54) is 37.8 Å². The van der Waals surface area contributed by atoms with Crippen LogP contribution < -0.4 is 0 Å². The zero-order valence-corrected chi connectivity index (χ0v) is 14.5. The van der Waals surface area contributed by atoms with Gasteiger partial charge in [0.2, 0.25) is 0 Å². The van der Waals surface area contributed by atoms with Crippen molar-refractivity contribution in [3.8, 4) is 0 Å². The van der Waals surface area contributed by atoms with E-state index in [0.29, 0.717) is 13.2 Å². The fraction of sp³-hybridized carbons (Fsp3) is 0.737. The van der Waals surface area contributed by atoms with E-state index in [0.717, 1.165) is 31.6 Å². The first-order chi connectivity index (χ1) is 11.0. The third-order valence-corrected chi connectivity index (χ3v) is 5.03. The average molecular weight is 324 g/mol. The van der Waals surface area contributed by atoms with Gasteiger partial charge in [-0.15, -0.1) is 0 Å². The van der Waals surface area contributed by atoms with Gasteiger partial charge in [-0.1, -0.05) is 32.9 Å². The molecule has 0 aromatic heterocycles. The molecule has 23 heavy (non-hydrogen) atoms. The molecule has 0 radical (unpaired) electrons. The molecule has 0 saturated heterocycles. The highest BCUT2D eigenvalue weighted by molar-refractivity contribution is 5.81. The van der Waals surface area contributed by atoms with Crippen molar-refractivity contribution in [3.05, 3.63) is 25.3 Å². The molecule has 1 aliphatic rings. The molecule has 0 bridgehead atoms. The van der Waals surface area contributed by atoms with Crippen LogP contribution in [0.3, 0.4) is 0 Å². The number of carbonyl (C=O) groups excluding carboxylic acids is 1. The number of carbonyl (C=O) groups is 1. The summed E-state index contributed by atoms with van der Waals surface area (Å²) in [6.07, 6.45) is 10.7. The summed E-state index contributed by atoms with van der Waals surface area (Å²) in [6, 6.07) is 0. The predicted molar refractivity (Wildman–Crippen MR) is 91.8 cm³/mol. The van der Waals surface area contributed by atoms with Crippen molar-refractivity contribution in [1.29, 1.82) is 0 Å². The van der Waals surface area contributed by atoms with Crippen LogP contribution in [0.4, 0.5) is 0 Å². The Balaban J connectivity index is 2.52. The standard InChI is InChI=1S/C19H32O4/c1-4-7-16-8-10-19(11-9-16,12-14-22-17(20)5-2)13-15-23-18(21)6-3/h5-6,16-17,20H,2-4,7-15H2,1H3. The van der Waals surface area contributed by atoms with Gasteiger partial charge >= 0.3 is 5.97 Å². The van der Waals surface area contributed by atoms with Crippen molar-refractivity contribution in [2.24, 2.45) is 11.3 Å². The lowest BCUT2D eigenvalue weighted by molar-refractivity contribution is -0.139. The summed E-state index contributed by atoms with van der Waals surface area (Å²) in [7, 11) is 0. The quantitative estimate of drug-likeness (QED) is 0.270. The predicted octanol–water partition coefficient (Wildman–Crippen LogP) is 3.99. The van der Waals surface area contributed by atoms with Gasteiger partial charge < -0.3 is 14.6 Å². The van der Waals surface area contributed by atoms with Gasteiger partial charge in [0.25, 0.3) is 0 Å². The summed E-state index contributed by atoms with van der Waals surface area (Å²) in [5, 5.41) is 9.44. The van der Waals surface area contributed by atoms with E-state index in [1.807, 2.05) is 0 Å². The minimum absolute atomic E-state index is 0.145. The third-order valence-electron chi connectivity index (χ3n) is 5.03. The average Bonchev–Trinajstić information content (AvgIpc) is 2.57. The number of ether oxygens (including phenoxy) is 2. The van der Waals surface area contributed by atoms with Crippen LogP contribution in [0, 0.1) is 11.3 Å². The highest BCUT2D eigenvalue weighted by atomic mass is 16.6. The first-order valence-corrected chi connectivity index (χ1v) is 8.76. The van der Waals surface area contributed by atoms with Gasteiger partial charge in [0, 0.05) is 6.08 Å². The topological polar surface area (TPSA) is 55.8 Å². The fourth-order valence-corrected chi connectivity index (χ4v) is 3.50. The number of rotatable bonds is 11. The van der Waals surface area contributed by atoms with Crippen LogP contribution in [0.1, 0.15) is 58.3 Å². The Labute approximate surface area is 140 Å². The Morgan fingerprint density at radius 2 is 1.96 bits per heavy atom. The van der Waals surface area contributed by atoms with Gasteiger partial charge in [-0.05, 0) is 55.9 Å². The Bertz CT molecular complexity index is 370. The van der Waals surface area contributed by atoms with Crippen molar-refractivity contribution < 1.29 is 19.4 Å². The maximum absolute atomic E-state index is 11.2. The van der Waals surface area contributed by atoms with Crippen LogP contribution >= 0.6 is 0 Å². The molecule has 4 heteroatoms. The van der Waals surface area contributed by atoms with Gasteiger partial charge in [-0.3, -0.25) is 0 Å². The molecule has 1 rings (SSSR count). The monoisotopic (exact) mass is 324 g/mol. The van der Waals surface area contributed by atoms with E-state index < -0.39 is 6.29 Å². The largest absolute Gasteiger partial charge is 0.463 e. The van der Waals surface area contributed by atoms with Crippen molar-refractivity contribution in [2.45, 2.75) is 64.6 Å². The number of aliphatic hydroxyl groups is 1. The molecule has 1 atom stereocenters. The molecule has 1 fully saturated rings. The summed E-state index contributed by atoms with van der Waals surface area (Å²) in [6.45, 7) is 10.1. The molecule has 0 heterocycles. The van der Waals surface area contributed by atoms with Crippen LogP contribution in [0.5, 0.6) is 0 Å². The van der Waals surface area contributed by atoms with E-state index in [-0.39, 0.29) is 11.4 Å². The second-order valence-electron chi connectivity index (χ2n) is 6.60. The molecule has 0 amide bonds. The van der Waals surface area contributed by atoms with Crippen LogP contribution in [0.25, 0.3) is 0 Å². The molecular weight excluding hydrogens is 292 g/mol. The van der Waals surface area contributed by atoms with Crippen LogP contribution in [0.2, 0.25) is 0 Å². The van der Waals surface area contributed by atoms with Crippen molar-refractivity contribution >= 4 is 5.97 Å². The smallest absolute Gasteiger partial charge is 0.330 e. The minimum Gasteiger partial charge on any atom is -0.463 e. The van der Waals surface area contributed by atoms with E-state index in [2.05, 4.69) is 20.1 Å². The number of hydrogen-bond acceptors (Lipinski definition) is 4. The van der Waals surface area contributed by atoms with Crippen molar-refractivity contribution in [3.63, 3.8) is 0 Å². The molecule has 0 aromatic carbocycles. The lowest BCUT2D eigenvalue weighted by Crippen LogP contribution is -2.31. The zero-order chi connectivity index (χ0) is 17.1. The highest BCUT2D eigenvalue weighted by Crippen LogP contribution is 2.45. The van der Waals surface area contributed by atoms with E-state index in [4.69, 9.17) is 9.47 Å². The maximum Gasteiger partial charge on any atom is 0.330 e. The molecule has 1 N–H and O–H groups in total. The first kappa shape index (κ1) is 19.9. The van der Waals surface area contributed by atoms with Crippen LogP contribution in [-0.2, 0) is 14.3 Å². The van der Waals surface area contributed by atoms with Gasteiger partial charge in [-0.2, -0.15) is 0 Å². The van der Waals surface area contributed by atoms with E-state index in [1.54, 1.807) is 0 Å². The molecule has 132 valence electrons. The zero-order valence-electron chi connectivity index (χ0n) is 14.5. The molecule has 4 nitrogen and oxygen atoms in total. The van der Waals surface area contributed by atoms with Gasteiger partial charge in [-0.25, -0.2) is 4.79 Å². The van der Waals surface area contributed by atoms with E-state index >= 15 is 0 Å². The third kappa shape index (κ3) is 7.32. The molecular formula is C19H32O4. The van der Waals surface area contributed by atoms with Crippen LogP contribution in [-0.4, -0.2) is 30.6 Å². The second-order valence-corrected chi connectivity index (χ2v) is 6.60. The number of hydrogen-bond donors (Lipinski definition) is 1. The molecule has 0 aliphatic heterocycles. The molecule has 1 saturated carbocycles. The second kappa shape index (κ2) is 10.6. The summed E-state index contributed by atoms with van der Waals surface area (Å²) in [5.41, 5.74) is 0.145. The summed E-state index contributed by atoms with van der Waals surface area (Å²) in [4.78, 5) is 11.2. The fourth-order valence-electron chi connectivity index (χ4n) is 3.50. The lowest BCUT2D eigenvalue weighted by atomic mass is 9.66. The van der Waals surface area contributed by atoms with Crippen molar-refractivity contribution in [1.82, 2.24) is 0 Å². The van der Waals surface area contributed by atoms with Crippen molar-refractivity contribution in [2.75, 3.05) is 13.2 Å². The number of esters is 1. The number of aliphatic hydroxyl groups excluding tert-OH is 1. The first-order valence-electron chi connectivity index (χ1n) is 8.76. The molecule has 1 aliphatic carbocycles. The highest BCUT2D eigenvalue weighted by Gasteiger charge is 2.34. The lowest BCUT2D eigenvalue weighted by Gasteiger charge is -2.40. The van der Waals surface area contributed by atoms with Gasteiger partial charge in [0.15, 0.2) is 6.29 Å². The summed E-state index contributed by atoms with van der Waals surface area (Å²) < 4.78 is 10.5. The summed E-state index contributed by atoms with van der Waals surface area (Å²) in [5.74, 6) is 0.460. The van der Waals surface area contributed by atoms with E-state index in [9.17, 15) is 9.90 Å². The van der Waals surface area contributed by atoms with Gasteiger partial charge in [0.05, 0.1) is 13.2 Å². The minimum atomic E-state index is -0.901. The Kier molecular flexibility index (Phi) is 9.19.